The Morgan fingerprint density at radius 3 is 2.68 bits per heavy atom. The van der Waals surface area contributed by atoms with Crippen LogP contribution in [0.2, 0.25) is 0 Å². The van der Waals surface area contributed by atoms with Crippen molar-refractivity contribution in [2.45, 2.75) is 38.6 Å². The van der Waals surface area contributed by atoms with Crippen LogP contribution in [0.3, 0.4) is 0 Å². The minimum absolute atomic E-state index is 0. The predicted octanol–water partition coefficient (Wildman–Crippen LogP) is 2.43. The zero-order valence-electron chi connectivity index (χ0n) is 17.3. The molecule has 0 spiro atoms. The first kappa shape index (κ1) is 24.3. The maximum Gasteiger partial charge on any atom is 0.222 e. The van der Waals surface area contributed by atoms with Gasteiger partial charge >= 0.3 is 0 Å². The number of nitrogens with zero attached hydrogens (tertiary/aromatic N) is 2. The maximum atomic E-state index is 11.8. The highest BCUT2D eigenvalue weighted by Crippen LogP contribution is 2.27. The Labute approximate surface area is 185 Å². The first-order valence-electron chi connectivity index (χ1n) is 9.57. The molecule has 1 saturated heterocycles. The van der Waals surface area contributed by atoms with Gasteiger partial charge in [-0.05, 0) is 37.0 Å². The molecule has 1 unspecified atom stereocenters. The van der Waals surface area contributed by atoms with Gasteiger partial charge < -0.3 is 25.0 Å². The maximum absolute atomic E-state index is 11.8. The lowest BCUT2D eigenvalue weighted by atomic mass is 10.1. The number of aliphatic imine (C=N–C) groups is 1. The topological polar surface area (TPSA) is 75.2 Å². The summed E-state index contributed by atoms with van der Waals surface area (Å²) in [6, 6.07) is 6.28. The van der Waals surface area contributed by atoms with E-state index in [0.717, 1.165) is 56.4 Å². The van der Waals surface area contributed by atoms with E-state index in [2.05, 4.69) is 21.7 Å². The molecule has 28 heavy (non-hydrogen) atoms. The summed E-state index contributed by atoms with van der Waals surface area (Å²) in [4.78, 5) is 18.0. The Hall–Kier alpha value is -1.71. The zero-order valence-corrected chi connectivity index (χ0v) is 19.6. The summed E-state index contributed by atoms with van der Waals surface area (Å²) in [6.07, 6.45) is 3.43. The largest absolute Gasteiger partial charge is 0.493 e. The number of hydrogen-bond donors (Lipinski definition) is 2. The molecule has 1 aliphatic heterocycles. The van der Waals surface area contributed by atoms with Crippen molar-refractivity contribution in [3.63, 3.8) is 0 Å². The summed E-state index contributed by atoms with van der Waals surface area (Å²) in [7, 11) is 5.06. The highest BCUT2D eigenvalue weighted by molar-refractivity contribution is 14.0. The van der Waals surface area contributed by atoms with E-state index in [1.54, 1.807) is 21.3 Å². The minimum Gasteiger partial charge on any atom is -0.493 e. The van der Waals surface area contributed by atoms with E-state index in [1.165, 1.54) is 5.56 Å². The molecule has 0 aromatic heterocycles. The third kappa shape index (κ3) is 7.03. The molecule has 1 heterocycles. The average molecular weight is 504 g/mol. The van der Waals surface area contributed by atoms with Gasteiger partial charge in [-0.25, -0.2) is 0 Å². The van der Waals surface area contributed by atoms with Gasteiger partial charge in [0.05, 0.1) is 14.2 Å². The number of amides is 1. The quantitative estimate of drug-likeness (QED) is 0.246. The van der Waals surface area contributed by atoms with Gasteiger partial charge in [-0.1, -0.05) is 13.0 Å². The monoisotopic (exact) mass is 504 g/mol. The van der Waals surface area contributed by atoms with Crippen molar-refractivity contribution in [3.8, 4) is 11.5 Å². The molecule has 0 radical (unpaired) electrons. The van der Waals surface area contributed by atoms with Crippen LogP contribution >= 0.6 is 24.0 Å². The van der Waals surface area contributed by atoms with Crippen molar-refractivity contribution < 1.29 is 14.3 Å². The van der Waals surface area contributed by atoms with Crippen molar-refractivity contribution in [2.24, 2.45) is 4.99 Å². The molecule has 8 heteroatoms. The van der Waals surface area contributed by atoms with E-state index in [0.29, 0.717) is 6.42 Å². The van der Waals surface area contributed by atoms with Gasteiger partial charge in [0.2, 0.25) is 5.91 Å². The fourth-order valence-electron chi connectivity index (χ4n) is 3.25. The second kappa shape index (κ2) is 12.7. The molecule has 0 aliphatic carbocycles. The van der Waals surface area contributed by atoms with Crippen molar-refractivity contribution in [1.82, 2.24) is 15.5 Å². The fraction of sp³-hybridized carbons (Fsp3) is 0.600. The second-order valence-corrected chi connectivity index (χ2v) is 6.62. The summed E-state index contributed by atoms with van der Waals surface area (Å²) in [6.45, 7) is 4.29. The minimum atomic E-state index is 0. The molecule has 0 bridgehead atoms. The molecular formula is C20H33IN4O3. The first-order valence-corrected chi connectivity index (χ1v) is 9.57. The number of halogens is 1. The Morgan fingerprint density at radius 1 is 1.29 bits per heavy atom. The van der Waals surface area contributed by atoms with Gasteiger partial charge in [0, 0.05) is 39.1 Å². The molecule has 1 aromatic rings. The Balaban J connectivity index is 0.00000392. The Kier molecular flexibility index (Phi) is 11.0. The SMILES string of the molecule is CCC(=O)N1CCC(NC(=NC)NCCCc2ccc(OC)c(OC)c2)C1.I. The third-order valence-corrected chi connectivity index (χ3v) is 4.79. The van der Waals surface area contributed by atoms with Crippen LogP contribution in [0.4, 0.5) is 0 Å². The van der Waals surface area contributed by atoms with E-state index in [-0.39, 0.29) is 35.9 Å². The summed E-state index contributed by atoms with van der Waals surface area (Å²) in [5.74, 6) is 2.51. The molecular weight excluding hydrogens is 471 g/mol. The highest BCUT2D eigenvalue weighted by atomic mass is 127. The number of aryl methyl sites for hydroxylation is 1. The average Bonchev–Trinajstić information content (AvgIpc) is 3.17. The van der Waals surface area contributed by atoms with Gasteiger partial charge in [-0.15, -0.1) is 24.0 Å². The molecule has 1 aromatic carbocycles. The summed E-state index contributed by atoms with van der Waals surface area (Å²) >= 11 is 0. The van der Waals surface area contributed by atoms with Crippen LogP contribution in [0.1, 0.15) is 31.7 Å². The molecule has 1 amide bonds. The normalized spacial score (nSPS) is 16.4. The predicted molar refractivity (Wildman–Crippen MR) is 123 cm³/mol. The zero-order chi connectivity index (χ0) is 19.6. The first-order chi connectivity index (χ1) is 13.1. The molecule has 1 atom stereocenters. The Morgan fingerprint density at radius 2 is 2.04 bits per heavy atom. The smallest absolute Gasteiger partial charge is 0.222 e. The lowest BCUT2D eigenvalue weighted by Crippen LogP contribution is -2.45. The van der Waals surface area contributed by atoms with Crippen LogP contribution in [0, 0.1) is 0 Å². The number of likely N-dealkylation sites (tertiary alicyclic amines) is 1. The number of guanidine groups is 1. The van der Waals surface area contributed by atoms with Gasteiger partial charge in [0.15, 0.2) is 17.5 Å². The van der Waals surface area contributed by atoms with Crippen LogP contribution in [0.15, 0.2) is 23.2 Å². The molecule has 158 valence electrons. The van der Waals surface area contributed by atoms with Crippen LogP contribution in [0.5, 0.6) is 11.5 Å². The van der Waals surface area contributed by atoms with Crippen molar-refractivity contribution in [2.75, 3.05) is 40.9 Å². The van der Waals surface area contributed by atoms with E-state index in [1.807, 2.05) is 24.0 Å². The van der Waals surface area contributed by atoms with Crippen LogP contribution in [-0.2, 0) is 11.2 Å². The molecule has 2 N–H and O–H groups in total. The van der Waals surface area contributed by atoms with E-state index in [4.69, 9.17) is 9.47 Å². The standard InChI is InChI=1S/C20H32N4O3.HI/c1-5-19(25)24-12-10-16(14-24)23-20(21-2)22-11-6-7-15-8-9-17(26-3)18(13-15)27-4;/h8-9,13,16H,5-7,10-12,14H2,1-4H3,(H2,21,22,23);1H. The molecule has 0 saturated carbocycles. The summed E-state index contributed by atoms with van der Waals surface area (Å²) < 4.78 is 10.6. The molecule has 1 fully saturated rings. The van der Waals surface area contributed by atoms with Crippen molar-refractivity contribution >= 4 is 35.8 Å². The van der Waals surface area contributed by atoms with Gasteiger partial charge in [0.1, 0.15) is 0 Å². The molecule has 2 rings (SSSR count). The van der Waals surface area contributed by atoms with E-state index < -0.39 is 0 Å². The van der Waals surface area contributed by atoms with Crippen LogP contribution in [-0.4, -0.2) is 63.7 Å². The van der Waals surface area contributed by atoms with Crippen molar-refractivity contribution in [1.29, 1.82) is 0 Å². The van der Waals surface area contributed by atoms with E-state index in [9.17, 15) is 4.79 Å². The lowest BCUT2D eigenvalue weighted by molar-refractivity contribution is -0.129. The number of ether oxygens (including phenoxy) is 2. The van der Waals surface area contributed by atoms with Crippen LogP contribution < -0.4 is 20.1 Å². The van der Waals surface area contributed by atoms with Crippen LogP contribution in [0.25, 0.3) is 0 Å². The third-order valence-electron chi connectivity index (χ3n) is 4.79. The molecule has 7 nitrogen and oxygen atoms in total. The highest BCUT2D eigenvalue weighted by Gasteiger charge is 2.25. The Bertz CT molecular complexity index is 654. The number of carbonyl (C=O) groups is 1. The lowest BCUT2D eigenvalue weighted by Gasteiger charge is -2.18. The van der Waals surface area contributed by atoms with Gasteiger partial charge in [-0.2, -0.15) is 0 Å². The number of carbonyl (C=O) groups excluding carboxylic acids is 1. The number of benzene rings is 1. The fourth-order valence-corrected chi connectivity index (χ4v) is 3.25. The van der Waals surface area contributed by atoms with Gasteiger partial charge in [-0.3, -0.25) is 9.79 Å². The summed E-state index contributed by atoms with van der Waals surface area (Å²) in [5.41, 5.74) is 1.21. The number of nitrogens with one attached hydrogen (secondary N) is 2. The number of hydrogen-bond acceptors (Lipinski definition) is 4. The van der Waals surface area contributed by atoms with Gasteiger partial charge in [0.25, 0.3) is 0 Å². The second-order valence-electron chi connectivity index (χ2n) is 6.62. The van der Waals surface area contributed by atoms with Crippen molar-refractivity contribution in [3.05, 3.63) is 23.8 Å². The summed E-state index contributed by atoms with van der Waals surface area (Å²) in [5, 5.41) is 6.77. The molecule has 1 aliphatic rings. The van der Waals surface area contributed by atoms with E-state index >= 15 is 0 Å². The number of rotatable bonds is 8. The number of methoxy groups -OCH3 is 2.